The van der Waals surface area contributed by atoms with Crippen LogP contribution < -0.4 is 5.32 Å². The molecule has 0 radical (unpaired) electrons. The Kier molecular flexibility index (Phi) is 15.0. The van der Waals surface area contributed by atoms with Crippen molar-refractivity contribution < 1.29 is 4.79 Å². The maximum absolute atomic E-state index is 10.3. The molecule has 0 heterocycles. The van der Waals surface area contributed by atoms with Gasteiger partial charge in [-0.25, -0.2) is 0 Å². The van der Waals surface area contributed by atoms with Gasteiger partial charge in [0.05, 0.1) is 5.25 Å². The largest absolute Gasteiger partial charge is 0.320 e. The lowest BCUT2D eigenvalue weighted by atomic mass is 10.1. The molecule has 1 N–H and O–H groups in total. The summed E-state index contributed by atoms with van der Waals surface area (Å²) >= 11 is 0. The minimum Gasteiger partial charge on any atom is -0.320 e. The summed E-state index contributed by atoms with van der Waals surface area (Å²) in [5.41, 5.74) is 0. The molecule has 1 atom stereocenters. The molecule has 0 aliphatic carbocycles. The number of nitrogens with one attached hydrogen (secondary N) is 1. The molecule has 80 valence electrons. The first kappa shape index (κ1) is 15.8. The molecule has 0 aromatic carbocycles. The molecule has 0 bridgehead atoms. The zero-order valence-electron chi connectivity index (χ0n) is 9.16. The molecule has 0 aliphatic rings. The molecule has 0 amide bonds. The highest BCUT2D eigenvalue weighted by atomic mass is 33.1. The average Bonchev–Trinajstić information content (AvgIpc) is 2.14. The SMILES string of the molecule is CCNC.CSSC(C=O)C(C)C. The summed E-state index contributed by atoms with van der Waals surface area (Å²) < 4.78 is 0. The van der Waals surface area contributed by atoms with E-state index < -0.39 is 0 Å². The van der Waals surface area contributed by atoms with Crippen molar-refractivity contribution in [3.8, 4) is 0 Å². The maximum Gasteiger partial charge on any atom is 0.134 e. The van der Waals surface area contributed by atoms with Gasteiger partial charge in [0.2, 0.25) is 0 Å². The Bertz CT molecular complexity index is 108. The Labute approximate surface area is 90.0 Å². The van der Waals surface area contributed by atoms with Crippen molar-refractivity contribution in [2.24, 2.45) is 5.92 Å². The van der Waals surface area contributed by atoms with Gasteiger partial charge in [0, 0.05) is 0 Å². The van der Waals surface area contributed by atoms with Gasteiger partial charge >= 0.3 is 0 Å². The second-order valence-electron chi connectivity index (χ2n) is 2.81. The highest BCUT2D eigenvalue weighted by Crippen LogP contribution is 2.26. The van der Waals surface area contributed by atoms with E-state index in [1.54, 1.807) is 21.6 Å². The Morgan fingerprint density at radius 3 is 2.00 bits per heavy atom. The van der Waals surface area contributed by atoms with Crippen molar-refractivity contribution in [2.75, 3.05) is 19.8 Å². The van der Waals surface area contributed by atoms with Gasteiger partial charge in [0.25, 0.3) is 0 Å². The summed E-state index contributed by atoms with van der Waals surface area (Å²) in [7, 11) is 5.21. The lowest BCUT2D eigenvalue weighted by molar-refractivity contribution is -0.107. The van der Waals surface area contributed by atoms with Gasteiger partial charge in [-0.3, -0.25) is 0 Å². The van der Waals surface area contributed by atoms with Crippen LogP contribution in [0, 0.1) is 5.92 Å². The summed E-state index contributed by atoms with van der Waals surface area (Å²) in [4.78, 5) is 10.3. The summed E-state index contributed by atoms with van der Waals surface area (Å²) in [5.74, 6) is 0.458. The van der Waals surface area contributed by atoms with Crippen LogP contribution in [-0.4, -0.2) is 31.4 Å². The molecule has 0 spiro atoms. The van der Waals surface area contributed by atoms with Crippen molar-refractivity contribution in [3.05, 3.63) is 0 Å². The van der Waals surface area contributed by atoms with Gasteiger partial charge in [-0.1, -0.05) is 42.4 Å². The molecule has 0 aliphatic heterocycles. The van der Waals surface area contributed by atoms with Gasteiger partial charge < -0.3 is 10.1 Å². The third-order valence-corrected chi connectivity index (χ3v) is 3.67. The molecule has 4 heteroatoms. The maximum atomic E-state index is 10.3. The molecule has 2 nitrogen and oxygen atoms in total. The minimum atomic E-state index is 0.167. The van der Waals surface area contributed by atoms with E-state index in [2.05, 4.69) is 26.1 Å². The van der Waals surface area contributed by atoms with Crippen molar-refractivity contribution in [1.82, 2.24) is 5.32 Å². The molecule has 0 aromatic rings. The number of hydrogen-bond donors (Lipinski definition) is 1. The van der Waals surface area contributed by atoms with Gasteiger partial charge in [0.15, 0.2) is 0 Å². The Morgan fingerprint density at radius 2 is 1.92 bits per heavy atom. The zero-order valence-corrected chi connectivity index (χ0v) is 10.8. The fourth-order valence-electron chi connectivity index (χ4n) is 0.402. The van der Waals surface area contributed by atoms with Crippen LogP contribution in [0.25, 0.3) is 0 Å². The fourth-order valence-corrected chi connectivity index (χ4v) is 2.36. The van der Waals surface area contributed by atoms with Gasteiger partial charge in [0.1, 0.15) is 6.29 Å². The van der Waals surface area contributed by atoms with E-state index >= 15 is 0 Å². The van der Waals surface area contributed by atoms with Crippen LogP contribution in [0.15, 0.2) is 0 Å². The van der Waals surface area contributed by atoms with Crippen LogP contribution in [0.4, 0.5) is 0 Å². The van der Waals surface area contributed by atoms with Crippen LogP contribution >= 0.6 is 21.6 Å². The molecule has 0 saturated heterocycles. The molecular weight excluding hydrogens is 202 g/mol. The molecule has 0 fully saturated rings. The monoisotopic (exact) mass is 223 g/mol. The van der Waals surface area contributed by atoms with Crippen molar-refractivity contribution in [2.45, 2.75) is 26.0 Å². The highest BCUT2D eigenvalue weighted by Gasteiger charge is 2.10. The smallest absolute Gasteiger partial charge is 0.134 e. The van der Waals surface area contributed by atoms with E-state index in [4.69, 9.17) is 0 Å². The predicted molar refractivity (Wildman–Crippen MR) is 65.4 cm³/mol. The Balaban J connectivity index is 0. The highest BCUT2D eigenvalue weighted by molar-refractivity contribution is 8.76. The lowest BCUT2D eigenvalue weighted by Gasteiger charge is -2.10. The van der Waals surface area contributed by atoms with E-state index in [9.17, 15) is 4.79 Å². The first-order chi connectivity index (χ1) is 6.13. The molecule has 1 unspecified atom stereocenters. The quantitative estimate of drug-likeness (QED) is 0.572. The summed E-state index contributed by atoms with van der Waals surface area (Å²) in [6.45, 7) is 7.25. The van der Waals surface area contributed by atoms with Gasteiger partial charge in [-0.15, -0.1) is 0 Å². The third-order valence-electron chi connectivity index (χ3n) is 1.35. The molecule has 0 aromatic heterocycles. The third kappa shape index (κ3) is 12.3. The second-order valence-corrected chi connectivity index (χ2v) is 5.46. The summed E-state index contributed by atoms with van der Waals surface area (Å²) in [5, 5.41) is 3.10. The predicted octanol–water partition coefficient (Wildman–Crippen LogP) is 2.45. The standard InChI is InChI=1S/C6H12OS2.C3H9N/c1-5(2)6(4-7)9-8-3;1-3-4-2/h4-6H,1-3H3;4H,3H2,1-2H3. The van der Waals surface area contributed by atoms with E-state index in [0.717, 1.165) is 12.8 Å². The van der Waals surface area contributed by atoms with Gasteiger partial charge in [-0.2, -0.15) is 0 Å². The first-order valence-electron chi connectivity index (χ1n) is 4.43. The number of aldehydes is 1. The zero-order chi connectivity index (χ0) is 10.7. The van der Waals surface area contributed by atoms with Crippen LogP contribution in [0.5, 0.6) is 0 Å². The summed E-state index contributed by atoms with van der Waals surface area (Å²) in [6.07, 6.45) is 3.01. The fraction of sp³-hybridized carbons (Fsp3) is 0.889. The molecule has 0 rings (SSSR count). The second kappa shape index (κ2) is 12.3. The van der Waals surface area contributed by atoms with Crippen LogP contribution in [-0.2, 0) is 4.79 Å². The lowest BCUT2D eigenvalue weighted by Crippen LogP contribution is -2.10. The van der Waals surface area contributed by atoms with E-state index in [-0.39, 0.29) is 5.25 Å². The van der Waals surface area contributed by atoms with E-state index in [0.29, 0.717) is 5.92 Å². The van der Waals surface area contributed by atoms with Crippen LogP contribution in [0.2, 0.25) is 0 Å². The van der Waals surface area contributed by atoms with Crippen LogP contribution in [0.1, 0.15) is 20.8 Å². The van der Waals surface area contributed by atoms with Crippen molar-refractivity contribution in [3.63, 3.8) is 0 Å². The van der Waals surface area contributed by atoms with Gasteiger partial charge in [-0.05, 0) is 25.8 Å². The average molecular weight is 223 g/mol. The number of carbonyl (C=O) groups is 1. The van der Waals surface area contributed by atoms with Crippen LogP contribution in [0.3, 0.4) is 0 Å². The normalized spacial score (nSPS) is 11.8. The summed E-state index contributed by atoms with van der Waals surface area (Å²) in [6, 6.07) is 0. The topological polar surface area (TPSA) is 29.1 Å². The molecule has 0 saturated carbocycles. The molecular formula is C9H21NOS2. The van der Waals surface area contributed by atoms with Crippen molar-refractivity contribution >= 4 is 27.9 Å². The number of rotatable bonds is 5. The first-order valence-corrected chi connectivity index (χ1v) is 7.05. The Morgan fingerprint density at radius 1 is 1.46 bits per heavy atom. The number of hydrogen-bond acceptors (Lipinski definition) is 4. The van der Waals surface area contributed by atoms with E-state index in [1.165, 1.54) is 0 Å². The minimum absolute atomic E-state index is 0.167. The molecule has 13 heavy (non-hydrogen) atoms. The van der Waals surface area contributed by atoms with Crippen molar-refractivity contribution in [1.29, 1.82) is 0 Å². The number of carbonyl (C=O) groups excluding carboxylic acids is 1. The Hall–Kier alpha value is 0.330. The van der Waals surface area contributed by atoms with E-state index in [1.807, 2.05) is 13.3 Å².